The highest BCUT2D eigenvalue weighted by atomic mass is 19.1. The van der Waals surface area contributed by atoms with Gasteiger partial charge in [-0.25, -0.2) is 9.37 Å². The number of imidazole rings is 1. The molecule has 3 rings (SSSR count). The predicted octanol–water partition coefficient (Wildman–Crippen LogP) is 3.59. The molecule has 2 aromatic carbocycles. The van der Waals surface area contributed by atoms with Gasteiger partial charge in [-0.3, -0.25) is 9.36 Å². The molecule has 20 heavy (non-hydrogen) atoms. The number of halogens is 1. The summed E-state index contributed by atoms with van der Waals surface area (Å²) in [6.07, 6.45) is 2.31. The van der Waals surface area contributed by atoms with E-state index in [1.54, 1.807) is 12.4 Å². The second-order valence-corrected chi connectivity index (χ2v) is 4.86. The molecular formula is C16H13FN2O. The maximum Gasteiger partial charge on any atom is 0.152 e. The molecule has 4 heteroatoms. The first-order chi connectivity index (χ1) is 9.60. The van der Waals surface area contributed by atoms with E-state index in [0.717, 1.165) is 22.2 Å². The van der Waals surface area contributed by atoms with Crippen LogP contribution in [0.3, 0.4) is 0 Å². The van der Waals surface area contributed by atoms with Crippen LogP contribution in [0.4, 0.5) is 4.39 Å². The molecule has 0 saturated carbocycles. The van der Waals surface area contributed by atoms with Gasteiger partial charge in [0.25, 0.3) is 0 Å². The number of carbonyl (C=O) groups is 1. The summed E-state index contributed by atoms with van der Waals surface area (Å²) in [5.74, 6) is -0.424. The average Bonchev–Trinajstić information content (AvgIpc) is 2.82. The van der Waals surface area contributed by atoms with E-state index >= 15 is 0 Å². The molecule has 0 saturated heterocycles. The van der Waals surface area contributed by atoms with Gasteiger partial charge in [0.05, 0.1) is 16.7 Å². The largest absolute Gasteiger partial charge is 0.298 e. The van der Waals surface area contributed by atoms with Gasteiger partial charge in [-0.1, -0.05) is 0 Å². The van der Waals surface area contributed by atoms with Crippen LogP contribution in [0.25, 0.3) is 16.7 Å². The maximum absolute atomic E-state index is 13.2. The highest BCUT2D eigenvalue weighted by Crippen LogP contribution is 2.23. The zero-order chi connectivity index (χ0) is 14.3. The van der Waals surface area contributed by atoms with Gasteiger partial charge >= 0.3 is 0 Å². The Bertz CT molecular complexity index is 821. The molecule has 0 spiro atoms. The molecule has 0 amide bonds. The van der Waals surface area contributed by atoms with E-state index < -0.39 is 5.82 Å². The third-order valence-corrected chi connectivity index (χ3v) is 3.54. The van der Waals surface area contributed by atoms with Crippen LogP contribution in [-0.2, 0) is 0 Å². The molecule has 0 bridgehead atoms. The Morgan fingerprint density at radius 2 is 1.90 bits per heavy atom. The minimum Gasteiger partial charge on any atom is -0.298 e. The lowest BCUT2D eigenvalue weighted by molar-refractivity contribution is 0.112. The molecule has 0 radical (unpaired) electrons. The number of rotatable bonds is 2. The summed E-state index contributed by atoms with van der Waals surface area (Å²) in [5.41, 5.74) is 5.01. The molecule has 0 unspecified atom stereocenters. The molecular weight excluding hydrogens is 255 g/mol. The summed E-state index contributed by atoms with van der Waals surface area (Å²) in [7, 11) is 0. The van der Waals surface area contributed by atoms with Crippen LogP contribution >= 0.6 is 0 Å². The first-order valence-corrected chi connectivity index (χ1v) is 6.29. The predicted molar refractivity (Wildman–Crippen MR) is 75.9 cm³/mol. The van der Waals surface area contributed by atoms with Crippen LogP contribution in [0.1, 0.15) is 21.5 Å². The summed E-state index contributed by atoms with van der Waals surface area (Å²) < 4.78 is 15.0. The van der Waals surface area contributed by atoms with Crippen molar-refractivity contribution in [2.24, 2.45) is 0 Å². The van der Waals surface area contributed by atoms with E-state index in [0.29, 0.717) is 17.5 Å². The number of benzene rings is 2. The molecule has 0 N–H and O–H groups in total. The number of carbonyl (C=O) groups excluding carboxylic acids is 1. The number of hydrogen-bond acceptors (Lipinski definition) is 2. The Hall–Kier alpha value is -2.49. The van der Waals surface area contributed by atoms with Gasteiger partial charge in [0.15, 0.2) is 6.29 Å². The molecule has 0 atom stereocenters. The van der Waals surface area contributed by atoms with Crippen molar-refractivity contribution in [3.8, 4) is 5.69 Å². The Balaban J connectivity index is 2.30. The fraction of sp³-hybridized carbons (Fsp3) is 0.125. The minimum atomic E-state index is -0.424. The fourth-order valence-corrected chi connectivity index (χ4v) is 2.30. The van der Waals surface area contributed by atoms with Crippen LogP contribution in [-0.4, -0.2) is 15.8 Å². The van der Waals surface area contributed by atoms with Gasteiger partial charge in [-0.15, -0.1) is 0 Å². The van der Waals surface area contributed by atoms with E-state index in [1.807, 2.05) is 30.5 Å². The van der Waals surface area contributed by atoms with Crippen molar-refractivity contribution in [3.63, 3.8) is 0 Å². The molecule has 1 heterocycles. The van der Waals surface area contributed by atoms with Gasteiger partial charge in [0.2, 0.25) is 0 Å². The van der Waals surface area contributed by atoms with Gasteiger partial charge < -0.3 is 0 Å². The SMILES string of the molecule is Cc1cc2ncn(-c3ccc(F)cc3C=O)c2cc1C. The summed E-state index contributed by atoms with van der Waals surface area (Å²) in [6.45, 7) is 4.06. The number of fused-ring (bicyclic) bond motifs is 1. The molecule has 0 fully saturated rings. The third-order valence-electron chi connectivity index (χ3n) is 3.54. The quantitative estimate of drug-likeness (QED) is 0.666. The van der Waals surface area contributed by atoms with E-state index in [4.69, 9.17) is 0 Å². The van der Waals surface area contributed by atoms with Crippen LogP contribution in [0.2, 0.25) is 0 Å². The highest BCUT2D eigenvalue weighted by Gasteiger charge is 2.10. The topological polar surface area (TPSA) is 34.9 Å². The second kappa shape index (κ2) is 4.56. The lowest BCUT2D eigenvalue weighted by atomic mass is 10.1. The Labute approximate surface area is 115 Å². The van der Waals surface area contributed by atoms with Crippen molar-refractivity contribution in [2.45, 2.75) is 13.8 Å². The number of hydrogen-bond donors (Lipinski definition) is 0. The van der Waals surface area contributed by atoms with Gasteiger partial charge in [-0.2, -0.15) is 0 Å². The monoisotopic (exact) mass is 268 g/mol. The van der Waals surface area contributed by atoms with Crippen molar-refractivity contribution >= 4 is 17.3 Å². The van der Waals surface area contributed by atoms with Crippen molar-refractivity contribution in [2.75, 3.05) is 0 Å². The van der Waals surface area contributed by atoms with Crippen LogP contribution in [0.15, 0.2) is 36.7 Å². The van der Waals surface area contributed by atoms with E-state index in [2.05, 4.69) is 4.98 Å². The van der Waals surface area contributed by atoms with Crippen molar-refractivity contribution in [3.05, 3.63) is 59.2 Å². The molecule has 0 aliphatic heterocycles. The first kappa shape index (κ1) is 12.5. The fourth-order valence-electron chi connectivity index (χ4n) is 2.30. The van der Waals surface area contributed by atoms with Crippen molar-refractivity contribution in [1.82, 2.24) is 9.55 Å². The average molecular weight is 268 g/mol. The molecule has 3 aromatic rings. The first-order valence-electron chi connectivity index (χ1n) is 6.29. The molecule has 3 nitrogen and oxygen atoms in total. The lowest BCUT2D eigenvalue weighted by Gasteiger charge is -2.08. The van der Waals surface area contributed by atoms with Crippen LogP contribution in [0.5, 0.6) is 0 Å². The number of aryl methyl sites for hydroxylation is 2. The van der Waals surface area contributed by atoms with E-state index in [1.165, 1.54) is 12.1 Å². The minimum absolute atomic E-state index is 0.308. The Morgan fingerprint density at radius 1 is 1.15 bits per heavy atom. The second-order valence-electron chi connectivity index (χ2n) is 4.86. The van der Waals surface area contributed by atoms with E-state index in [9.17, 15) is 9.18 Å². The maximum atomic E-state index is 13.2. The molecule has 1 aromatic heterocycles. The van der Waals surface area contributed by atoms with Crippen molar-refractivity contribution < 1.29 is 9.18 Å². The molecule has 0 aliphatic carbocycles. The Kier molecular flexibility index (Phi) is 2.86. The molecule has 0 aliphatic rings. The normalized spacial score (nSPS) is 10.9. The number of aromatic nitrogens is 2. The van der Waals surface area contributed by atoms with Crippen LogP contribution < -0.4 is 0 Å². The number of nitrogens with zero attached hydrogens (tertiary/aromatic N) is 2. The highest BCUT2D eigenvalue weighted by molar-refractivity contribution is 5.85. The van der Waals surface area contributed by atoms with Crippen LogP contribution in [0, 0.1) is 19.7 Å². The zero-order valence-electron chi connectivity index (χ0n) is 11.2. The zero-order valence-corrected chi connectivity index (χ0v) is 11.2. The Morgan fingerprint density at radius 3 is 2.65 bits per heavy atom. The summed E-state index contributed by atoms with van der Waals surface area (Å²) >= 11 is 0. The lowest BCUT2D eigenvalue weighted by Crippen LogP contribution is -1.98. The standard InChI is InChI=1S/C16H13FN2O/c1-10-5-14-16(6-11(10)2)19(9-18-14)15-4-3-13(17)7-12(15)8-20/h3-9H,1-2H3. The number of aldehydes is 1. The summed E-state index contributed by atoms with van der Waals surface area (Å²) in [6, 6.07) is 8.20. The van der Waals surface area contributed by atoms with Gasteiger partial charge in [0, 0.05) is 5.56 Å². The van der Waals surface area contributed by atoms with E-state index in [-0.39, 0.29) is 0 Å². The van der Waals surface area contributed by atoms with Gasteiger partial charge in [0.1, 0.15) is 12.1 Å². The third kappa shape index (κ3) is 1.90. The summed E-state index contributed by atoms with van der Waals surface area (Å²) in [5, 5.41) is 0. The summed E-state index contributed by atoms with van der Waals surface area (Å²) in [4.78, 5) is 15.5. The van der Waals surface area contributed by atoms with Gasteiger partial charge in [-0.05, 0) is 55.3 Å². The smallest absolute Gasteiger partial charge is 0.152 e. The van der Waals surface area contributed by atoms with Crippen molar-refractivity contribution in [1.29, 1.82) is 0 Å². The molecule has 100 valence electrons.